The maximum atomic E-state index is 12.3. The van der Waals surface area contributed by atoms with Crippen LogP contribution in [-0.2, 0) is 20.9 Å². The molecule has 1 heterocycles. The molecule has 1 aromatic heterocycles. The van der Waals surface area contributed by atoms with Crippen molar-refractivity contribution in [3.05, 3.63) is 64.6 Å². The smallest absolute Gasteiger partial charge is 0.420 e. The molecule has 156 valence electrons. The van der Waals surface area contributed by atoms with E-state index in [1.54, 1.807) is 48.5 Å². The number of rotatable bonds is 8. The van der Waals surface area contributed by atoms with Gasteiger partial charge in [0.25, 0.3) is 0 Å². The molecule has 8 heteroatoms. The lowest BCUT2D eigenvalue weighted by Crippen LogP contribution is -2.23. The van der Waals surface area contributed by atoms with Crippen molar-refractivity contribution in [3.63, 3.8) is 0 Å². The monoisotopic (exact) mass is 410 g/mol. The van der Waals surface area contributed by atoms with E-state index in [0.29, 0.717) is 28.8 Å². The Morgan fingerprint density at radius 1 is 1.07 bits per heavy atom. The van der Waals surface area contributed by atoms with Crippen LogP contribution in [0.5, 0.6) is 0 Å². The molecule has 8 nitrogen and oxygen atoms in total. The molecule has 0 atom stereocenters. The lowest BCUT2D eigenvalue weighted by Gasteiger charge is -2.08. The second-order valence-corrected chi connectivity index (χ2v) is 7.23. The highest BCUT2D eigenvalue weighted by atomic mass is 16.5. The van der Waals surface area contributed by atoms with E-state index in [4.69, 9.17) is 9.15 Å². The molecule has 0 aliphatic rings. The van der Waals surface area contributed by atoms with Gasteiger partial charge < -0.3 is 14.5 Å². The van der Waals surface area contributed by atoms with Gasteiger partial charge in [-0.1, -0.05) is 26.0 Å². The zero-order valence-corrected chi connectivity index (χ0v) is 16.7. The highest BCUT2D eigenvalue weighted by molar-refractivity contribution is 5.98. The Morgan fingerprint density at radius 2 is 1.77 bits per heavy atom. The van der Waals surface area contributed by atoms with E-state index in [2.05, 4.69) is 5.32 Å². The lowest BCUT2D eigenvalue weighted by molar-refractivity contribution is -0.143. The van der Waals surface area contributed by atoms with Crippen molar-refractivity contribution >= 4 is 34.4 Å². The Balaban J connectivity index is 1.55. The molecule has 0 unspecified atom stereocenters. The second-order valence-electron chi connectivity index (χ2n) is 7.23. The number of anilines is 1. The quantitative estimate of drug-likeness (QED) is 0.452. The van der Waals surface area contributed by atoms with Crippen LogP contribution in [0.3, 0.4) is 0 Å². The number of nitrogens with zero attached hydrogens (tertiary/aromatic N) is 1. The average molecular weight is 410 g/mol. The maximum absolute atomic E-state index is 12.3. The van der Waals surface area contributed by atoms with E-state index in [0.717, 1.165) is 4.57 Å². The third-order valence-electron chi connectivity index (χ3n) is 4.31. The number of fused-ring (bicyclic) bond motifs is 1. The molecule has 0 aliphatic carbocycles. The van der Waals surface area contributed by atoms with E-state index in [1.807, 2.05) is 13.8 Å². The minimum absolute atomic E-state index is 0.0972. The summed E-state index contributed by atoms with van der Waals surface area (Å²) >= 11 is 0. The van der Waals surface area contributed by atoms with Gasteiger partial charge in [-0.3, -0.25) is 19.0 Å². The molecular formula is C22H22N2O6. The summed E-state index contributed by atoms with van der Waals surface area (Å²) in [5.41, 5.74) is 1.77. The normalized spacial score (nSPS) is 10.9. The third kappa shape index (κ3) is 5.22. The Hall–Kier alpha value is -3.68. The van der Waals surface area contributed by atoms with Crippen molar-refractivity contribution in [3.8, 4) is 0 Å². The third-order valence-corrected chi connectivity index (χ3v) is 4.31. The number of esters is 1. The molecule has 3 rings (SSSR count). The van der Waals surface area contributed by atoms with Gasteiger partial charge in [-0.15, -0.1) is 0 Å². The number of benzene rings is 2. The van der Waals surface area contributed by atoms with Gasteiger partial charge >= 0.3 is 11.7 Å². The van der Waals surface area contributed by atoms with Gasteiger partial charge in [-0.2, -0.15) is 0 Å². The molecule has 0 bridgehead atoms. The van der Waals surface area contributed by atoms with Crippen LogP contribution in [0.15, 0.2) is 57.7 Å². The van der Waals surface area contributed by atoms with Crippen LogP contribution in [-0.4, -0.2) is 28.8 Å². The van der Waals surface area contributed by atoms with Crippen molar-refractivity contribution in [2.24, 2.45) is 5.92 Å². The summed E-state index contributed by atoms with van der Waals surface area (Å²) in [5, 5.41) is 2.76. The van der Waals surface area contributed by atoms with Crippen molar-refractivity contribution in [2.45, 2.75) is 26.8 Å². The zero-order valence-electron chi connectivity index (χ0n) is 16.7. The number of ether oxygens (including phenoxy) is 1. The topological polar surface area (TPSA) is 108 Å². The summed E-state index contributed by atoms with van der Waals surface area (Å²) in [7, 11) is 0. The molecular weight excluding hydrogens is 388 g/mol. The number of hydrogen-bond donors (Lipinski definition) is 1. The van der Waals surface area contributed by atoms with Gasteiger partial charge in [0, 0.05) is 17.7 Å². The van der Waals surface area contributed by atoms with Crippen LogP contribution < -0.4 is 11.1 Å². The zero-order chi connectivity index (χ0) is 21.7. The van der Waals surface area contributed by atoms with E-state index in [1.165, 1.54) is 0 Å². The summed E-state index contributed by atoms with van der Waals surface area (Å²) in [6.07, 6.45) is 0.408. The Kier molecular flexibility index (Phi) is 6.46. The van der Waals surface area contributed by atoms with E-state index in [9.17, 15) is 19.2 Å². The number of nitrogens with one attached hydrogen (secondary N) is 1. The second kappa shape index (κ2) is 9.21. The van der Waals surface area contributed by atoms with Crippen molar-refractivity contribution in [2.75, 3.05) is 11.9 Å². The summed E-state index contributed by atoms with van der Waals surface area (Å²) in [4.78, 5) is 48.0. The van der Waals surface area contributed by atoms with Gasteiger partial charge in [0.15, 0.2) is 18.0 Å². The highest BCUT2D eigenvalue weighted by Gasteiger charge is 2.15. The Labute approximate surface area is 172 Å². The standard InChI is InChI=1S/C22H22N2O6/c1-14(2)11-20(26)23-16-9-7-15(8-10-16)18(25)13-29-21(27)12-24-17-5-3-4-6-19(17)30-22(24)28/h3-10,14H,11-13H2,1-2H3,(H,23,26). The lowest BCUT2D eigenvalue weighted by atomic mass is 10.1. The van der Waals surface area contributed by atoms with Gasteiger partial charge in [0.2, 0.25) is 5.91 Å². The molecule has 0 aliphatic heterocycles. The van der Waals surface area contributed by atoms with E-state index in [-0.39, 0.29) is 18.4 Å². The minimum atomic E-state index is -0.727. The predicted octanol–water partition coefficient (Wildman–Crippen LogP) is 3.01. The molecule has 2 aromatic carbocycles. The van der Waals surface area contributed by atoms with Gasteiger partial charge in [-0.05, 0) is 42.3 Å². The predicted molar refractivity (Wildman–Crippen MR) is 110 cm³/mol. The van der Waals surface area contributed by atoms with E-state index >= 15 is 0 Å². The van der Waals surface area contributed by atoms with Crippen LogP contribution in [0.25, 0.3) is 11.1 Å². The Bertz CT molecular complexity index is 1120. The van der Waals surface area contributed by atoms with E-state index < -0.39 is 24.1 Å². The first-order valence-electron chi connectivity index (χ1n) is 9.50. The van der Waals surface area contributed by atoms with Crippen molar-refractivity contribution in [1.82, 2.24) is 4.57 Å². The summed E-state index contributed by atoms with van der Waals surface area (Å²) in [6, 6.07) is 13.0. The molecule has 1 N–H and O–H groups in total. The molecule has 30 heavy (non-hydrogen) atoms. The number of oxazole rings is 1. The summed E-state index contributed by atoms with van der Waals surface area (Å²) in [5.74, 6) is -1.64. The SMILES string of the molecule is CC(C)CC(=O)Nc1ccc(C(=O)COC(=O)Cn2c(=O)oc3ccccc32)cc1. The first kappa shape index (κ1) is 21.0. The number of amides is 1. The number of ketones is 1. The first-order valence-corrected chi connectivity index (χ1v) is 9.50. The summed E-state index contributed by atoms with van der Waals surface area (Å²) in [6.45, 7) is 3.09. The van der Waals surface area contributed by atoms with Gasteiger partial charge in [-0.25, -0.2) is 4.79 Å². The molecule has 0 saturated carbocycles. The molecule has 0 fully saturated rings. The number of carbonyl (C=O) groups is 3. The van der Waals surface area contributed by atoms with Crippen LogP contribution in [0, 0.1) is 5.92 Å². The van der Waals surface area contributed by atoms with Gasteiger partial charge in [0.1, 0.15) is 6.54 Å². The van der Waals surface area contributed by atoms with Crippen LogP contribution in [0.2, 0.25) is 0 Å². The maximum Gasteiger partial charge on any atom is 0.420 e. The molecule has 1 amide bonds. The molecule has 3 aromatic rings. The molecule has 0 spiro atoms. The van der Waals surface area contributed by atoms with Gasteiger partial charge in [0.05, 0.1) is 5.52 Å². The summed E-state index contributed by atoms with van der Waals surface area (Å²) < 4.78 is 11.2. The number of hydrogen-bond acceptors (Lipinski definition) is 6. The van der Waals surface area contributed by atoms with Crippen molar-refractivity contribution < 1.29 is 23.5 Å². The number of Topliss-reactive ketones (excluding diaryl/α,β-unsaturated/α-hetero) is 1. The van der Waals surface area contributed by atoms with Crippen molar-refractivity contribution in [1.29, 1.82) is 0 Å². The number of para-hydroxylation sites is 2. The van der Waals surface area contributed by atoms with Crippen LogP contribution in [0.4, 0.5) is 5.69 Å². The number of aromatic nitrogens is 1. The highest BCUT2D eigenvalue weighted by Crippen LogP contribution is 2.13. The minimum Gasteiger partial charge on any atom is -0.456 e. The first-order chi connectivity index (χ1) is 14.3. The Morgan fingerprint density at radius 3 is 2.47 bits per heavy atom. The molecule has 0 saturated heterocycles. The largest absolute Gasteiger partial charge is 0.456 e. The average Bonchev–Trinajstić information content (AvgIpc) is 3.01. The number of carbonyl (C=O) groups excluding carboxylic acids is 3. The van der Waals surface area contributed by atoms with Crippen LogP contribution >= 0.6 is 0 Å². The fourth-order valence-corrected chi connectivity index (χ4v) is 2.89. The molecule has 0 radical (unpaired) electrons. The fraction of sp³-hybridized carbons (Fsp3) is 0.273. The fourth-order valence-electron chi connectivity index (χ4n) is 2.89. The van der Waals surface area contributed by atoms with Crippen LogP contribution in [0.1, 0.15) is 30.6 Å².